The average Bonchev–Trinajstić information content (AvgIpc) is 2.96. The fourth-order valence-corrected chi connectivity index (χ4v) is 4.87. The maximum atomic E-state index is 13.0. The SMILES string of the molecule is Cc1c(NC(=O)c2ccc(C(C)(C)C)cc2)cccc1-c1c[nH]c(=O)c(Nc2ccc(N3CCN(C)CC3)nn2)c1. The highest BCUT2D eigenvalue weighted by Crippen LogP contribution is 2.30. The van der Waals surface area contributed by atoms with E-state index in [1.54, 1.807) is 12.3 Å². The van der Waals surface area contributed by atoms with Crippen molar-refractivity contribution in [2.45, 2.75) is 33.1 Å². The number of piperazine rings is 1. The van der Waals surface area contributed by atoms with Gasteiger partial charge in [0.25, 0.3) is 11.5 Å². The average molecular weight is 552 g/mol. The number of nitrogens with zero attached hydrogens (tertiary/aromatic N) is 4. The van der Waals surface area contributed by atoms with E-state index in [9.17, 15) is 9.59 Å². The molecule has 1 fully saturated rings. The molecule has 4 aromatic rings. The number of amides is 1. The quantitative estimate of drug-likeness (QED) is 0.303. The summed E-state index contributed by atoms with van der Waals surface area (Å²) in [6, 6.07) is 19.0. The molecule has 0 aliphatic carbocycles. The van der Waals surface area contributed by atoms with E-state index >= 15 is 0 Å². The van der Waals surface area contributed by atoms with E-state index < -0.39 is 0 Å². The molecule has 3 heterocycles. The lowest BCUT2D eigenvalue weighted by molar-refractivity contribution is 0.102. The van der Waals surface area contributed by atoms with Gasteiger partial charge >= 0.3 is 0 Å². The van der Waals surface area contributed by atoms with E-state index in [0.29, 0.717) is 22.8 Å². The zero-order chi connectivity index (χ0) is 29.1. The third kappa shape index (κ3) is 6.47. The number of anilines is 4. The normalized spacial score (nSPS) is 14.1. The molecule has 1 aliphatic rings. The van der Waals surface area contributed by atoms with Crippen LogP contribution in [0, 0.1) is 6.92 Å². The van der Waals surface area contributed by atoms with E-state index in [1.807, 2.05) is 61.5 Å². The van der Waals surface area contributed by atoms with Crippen molar-refractivity contribution < 1.29 is 4.79 Å². The van der Waals surface area contributed by atoms with E-state index in [4.69, 9.17) is 0 Å². The predicted molar refractivity (Wildman–Crippen MR) is 165 cm³/mol. The second kappa shape index (κ2) is 11.5. The second-order valence-corrected chi connectivity index (χ2v) is 11.6. The van der Waals surface area contributed by atoms with Crippen molar-refractivity contribution in [2.75, 3.05) is 48.8 Å². The lowest BCUT2D eigenvalue weighted by Crippen LogP contribution is -2.44. The first-order valence-electron chi connectivity index (χ1n) is 13.9. The van der Waals surface area contributed by atoms with Gasteiger partial charge in [0.05, 0.1) is 0 Å². The van der Waals surface area contributed by atoms with Crippen molar-refractivity contribution in [1.82, 2.24) is 20.1 Å². The molecule has 212 valence electrons. The molecule has 3 N–H and O–H groups in total. The molecule has 0 atom stereocenters. The van der Waals surface area contributed by atoms with Crippen LogP contribution in [0.4, 0.5) is 23.0 Å². The van der Waals surface area contributed by atoms with Gasteiger partial charge in [0.15, 0.2) is 11.6 Å². The lowest BCUT2D eigenvalue weighted by Gasteiger charge is -2.32. The number of benzene rings is 2. The minimum Gasteiger partial charge on any atom is -0.353 e. The summed E-state index contributed by atoms with van der Waals surface area (Å²) in [5.74, 6) is 1.14. The number of hydrogen-bond acceptors (Lipinski definition) is 7. The highest BCUT2D eigenvalue weighted by molar-refractivity contribution is 6.05. The predicted octanol–water partition coefficient (Wildman–Crippen LogP) is 5.19. The number of carbonyl (C=O) groups is 1. The van der Waals surface area contributed by atoms with Crippen LogP contribution in [-0.2, 0) is 5.41 Å². The minimum absolute atomic E-state index is 0.0188. The summed E-state index contributed by atoms with van der Waals surface area (Å²) in [5.41, 5.74) is 5.17. The first-order valence-corrected chi connectivity index (χ1v) is 13.9. The zero-order valence-electron chi connectivity index (χ0n) is 24.3. The summed E-state index contributed by atoms with van der Waals surface area (Å²) in [6.07, 6.45) is 1.68. The summed E-state index contributed by atoms with van der Waals surface area (Å²) in [5, 5.41) is 14.8. The lowest BCUT2D eigenvalue weighted by atomic mass is 9.86. The maximum Gasteiger partial charge on any atom is 0.271 e. The molecule has 2 aromatic carbocycles. The number of likely N-dealkylation sites (N-methyl/N-ethyl adjacent to an activating group) is 1. The van der Waals surface area contributed by atoms with Crippen molar-refractivity contribution in [3.63, 3.8) is 0 Å². The number of carbonyl (C=O) groups excluding carboxylic acids is 1. The highest BCUT2D eigenvalue weighted by atomic mass is 16.1. The Labute approximate surface area is 240 Å². The number of aromatic amines is 1. The van der Waals surface area contributed by atoms with Crippen LogP contribution < -0.4 is 21.1 Å². The highest BCUT2D eigenvalue weighted by Gasteiger charge is 2.17. The molecule has 0 bridgehead atoms. The van der Waals surface area contributed by atoms with Crippen molar-refractivity contribution in [2.24, 2.45) is 0 Å². The van der Waals surface area contributed by atoms with Gasteiger partial charge < -0.3 is 25.4 Å². The van der Waals surface area contributed by atoms with Gasteiger partial charge in [-0.1, -0.05) is 45.0 Å². The van der Waals surface area contributed by atoms with Crippen LogP contribution in [-0.4, -0.2) is 59.2 Å². The van der Waals surface area contributed by atoms with Crippen LogP contribution in [0.15, 0.2) is 71.7 Å². The molecule has 41 heavy (non-hydrogen) atoms. The topological polar surface area (TPSA) is 106 Å². The van der Waals surface area contributed by atoms with Crippen LogP contribution in [0.5, 0.6) is 0 Å². The number of hydrogen-bond donors (Lipinski definition) is 3. The summed E-state index contributed by atoms with van der Waals surface area (Å²) < 4.78 is 0. The van der Waals surface area contributed by atoms with E-state index in [1.165, 1.54) is 5.56 Å². The minimum atomic E-state index is -0.264. The molecule has 9 heteroatoms. The number of H-pyrrole nitrogens is 1. The molecule has 5 rings (SSSR count). The van der Waals surface area contributed by atoms with Crippen molar-refractivity contribution in [3.05, 3.63) is 93.9 Å². The Morgan fingerprint density at radius 2 is 1.66 bits per heavy atom. The third-order valence-corrected chi connectivity index (χ3v) is 7.55. The first kappa shape index (κ1) is 28.0. The van der Waals surface area contributed by atoms with Crippen LogP contribution in [0.1, 0.15) is 42.3 Å². The van der Waals surface area contributed by atoms with E-state index in [0.717, 1.165) is 48.7 Å². The second-order valence-electron chi connectivity index (χ2n) is 11.6. The molecule has 0 saturated carbocycles. The van der Waals surface area contributed by atoms with Crippen molar-refractivity contribution in [1.29, 1.82) is 0 Å². The van der Waals surface area contributed by atoms with Gasteiger partial charge in [-0.25, -0.2) is 0 Å². The van der Waals surface area contributed by atoms with Crippen LogP contribution >= 0.6 is 0 Å². The number of pyridine rings is 1. The molecule has 1 saturated heterocycles. The Morgan fingerprint density at radius 3 is 2.32 bits per heavy atom. The molecule has 2 aromatic heterocycles. The number of aromatic nitrogens is 3. The standard InChI is InChI=1S/C32H37N7O2/c1-21-25(7-6-8-26(21)35-30(40)22-9-11-24(12-10-22)32(2,3)4)23-19-27(31(41)33-20-23)34-28-13-14-29(37-36-28)39-17-15-38(5)16-18-39/h6-14,19-20H,15-18H2,1-5H3,(H,33,41)(H,34,36)(H,35,40). The van der Waals surface area contributed by atoms with Crippen LogP contribution in [0.25, 0.3) is 11.1 Å². The maximum absolute atomic E-state index is 13.0. The Bertz CT molecular complexity index is 1580. The molecule has 0 spiro atoms. The van der Waals surface area contributed by atoms with Crippen LogP contribution in [0.3, 0.4) is 0 Å². The molecular formula is C32H37N7O2. The fourth-order valence-electron chi connectivity index (χ4n) is 4.87. The van der Waals surface area contributed by atoms with Gasteiger partial charge in [-0.15, -0.1) is 10.2 Å². The molecular weight excluding hydrogens is 514 g/mol. The Hall–Kier alpha value is -4.50. The summed E-state index contributed by atoms with van der Waals surface area (Å²) in [7, 11) is 2.11. The van der Waals surface area contributed by atoms with E-state index in [-0.39, 0.29) is 16.9 Å². The smallest absolute Gasteiger partial charge is 0.271 e. The zero-order valence-corrected chi connectivity index (χ0v) is 24.3. The fraction of sp³-hybridized carbons (Fsp3) is 0.312. The van der Waals surface area contributed by atoms with E-state index in [2.05, 4.69) is 63.4 Å². The third-order valence-electron chi connectivity index (χ3n) is 7.55. The van der Waals surface area contributed by atoms with Gasteiger partial charge in [-0.05, 0) is 72.5 Å². The molecule has 1 amide bonds. The number of nitrogens with one attached hydrogen (secondary N) is 3. The summed E-state index contributed by atoms with van der Waals surface area (Å²) in [4.78, 5) is 33.0. The summed E-state index contributed by atoms with van der Waals surface area (Å²) >= 11 is 0. The monoisotopic (exact) mass is 551 g/mol. The largest absolute Gasteiger partial charge is 0.353 e. The van der Waals surface area contributed by atoms with Gasteiger partial charge in [0, 0.05) is 49.2 Å². The first-order chi connectivity index (χ1) is 19.6. The Kier molecular flexibility index (Phi) is 7.90. The van der Waals surface area contributed by atoms with Crippen LogP contribution in [0.2, 0.25) is 0 Å². The summed E-state index contributed by atoms with van der Waals surface area (Å²) in [6.45, 7) is 12.2. The van der Waals surface area contributed by atoms with Gasteiger partial charge in [0.2, 0.25) is 0 Å². The molecule has 1 aliphatic heterocycles. The van der Waals surface area contributed by atoms with Crippen molar-refractivity contribution >= 4 is 28.9 Å². The molecule has 9 nitrogen and oxygen atoms in total. The molecule has 0 unspecified atom stereocenters. The van der Waals surface area contributed by atoms with Crippen molar-refractivity contribution in [3.8, 4) is 11.1 Å². The van der Waals surface area contributed by atoms with Gasteiger partial charge in [0.1, 0.15) is 5.69 Å². The molecule has 0 radical (unpaired) electrons. The van der Waals surface area contributed by atoms with Gasteiger partial charge in [-0.3, -0.25) is 9.59 Å². The number of rotatable bonds is 6. The van der Waals surface area contributed by atoms with Gasteiger partial charge in [-0.2, -0.15) is 0 Å². The Balaban J connectivity index is 1.32. The Morgan fingerprint density at radius 1 is 0.927 bits per heavy atom.